The second-order valence-corrected chi connectivity index (χ2v) is 11.3. The van der Waals surface area contributed by atoms with E-state index in [2.05, 4.69) is 25.8 Å². The molecule has 1 aromatic heterocycles. The molecule has 4 fully saturated rings. The number of morpholine rings is 1. The first kappa shape index (κ1) is 27.6. The van der Waals surface area contributed by atoms with Crippen LogP contribution in [0.2, 0.25) is 0 Å². The molecule has 0 spiro atoms. The van der Waals surface area contributed by atoms with Crippen molar-refractivity contribution in [3.05, 3.63) is 35.6 Å². The number of nitrogens with one attached hydrogen (secondary N) is 2. The van der Waals surface area contributed by atoms with Gasteiger partial charge in [-0.05, 0) is 63.1 Å². The summed E-state index contributed by atoms with van der Waals surface area (Å²) >= 11 is 0. The summed E-state index contributed by atoms with van der Waals surface area (Å²) in [6, 6.07) is 5.79. The van der Waals surface area contributed by atoms with Gasteiger partial charge in [-0.3, -0.25) is 4.79 Å². The summed E-state index contributed by atoms with van der Waals surface area (Å²) in [6.07, 6.45) is 7.97. The maximum Gasteiger partial charge on any atom is 0.340 e. The highest BCUT2D eigenvalue weighted by Crippen LogP contribution is 2.36. The van der Waals surface area contributed by atoms with Crippen LogP contribution in [0.5, 0.6) is 5.75 Å². The van der Waals surface area contributed by atoms with Gasteiger partial charge in [0.2, 0.25) is 0 Å². The smallest absolute Gasteiger partial charge is 0.340 e. The van der Waals surface area contributed by atoms with E-state index in [0.29, 0.717) is 31.5 Å². The number of hydrogen-bond donors (Lipinski definition) is 2. The van der Waals surface area contributed by atoms with Gasteiger partial charge in [0.1, 0.15) is 23.4 Å². The second-order valence-electron chi connectivity index (χ2n) is 11.3. The number of nitrogens with zero attached hydrogens (tertiary/aromatic N) is 5. The quantitative estimate of drug-likeness (QED) is 0.509. The molecule has 0 bridgehead atoms. The molecule has 4 heterocycles. The molecule has 3 amide bonds. The fraction of sp³-hybridized carbons (Fsp3) is 0.586. The number of rotatable bonds is 7. The monoisotopic (exact) mass is 567 g/mol. The average Bonchev–Trinajstić information content (AvgIpc) is 3.35. The van der Waals surface area contributed by atoms with Crippen molar-refractivity contribution in [3.8, 4) is 5.75 Å². The molecule has 2 aromatic rings. The minimum Gasteiger partial charge on any atom is -0.490 e. The van der Waals surface area contributed by atoms with Gasteiger partial charge in [-0.25, -0.2) is 19.6 Å². The van der Waals surface area contributed by atoms with Gasteiger partial charge < -0.3 is 24.6 Å². The minimum atomic E-state index is -0.692. The number of aromatic nitrogens is 2. The van der Waals surface area contributed by atoms with Crippen LogP contribution in [0.4, 0.5) is 26.5 Å². The third kappa shape index (κ3) is 5.94. The Morgan fingerprint density at radius 1 is 1.07 bits per heavy atom. The van der Waals surface area contributed by atoms with Gasteiger partial charge in [0.05, 0.1) is 24.9 Å². The largest absolute Gasteiger partial charge is 0.490 e. The van der Waals surface area contributed by atoms with E-state index in [-0.39, 0.29) is 41.1 Å². The van der Waals surface area contributed by atoms with Gasteiger partial charge in [-0.1, -0.05) is 19.3 Å². The number of fused-ring (bicyclic) bond motifs is 1. The highest BCUT2D eigenvalue weighted by atomic mass is 19.1. The number of amides is 3. The van der Waals surface area contributed by atoms with Crippen LogP contribution >= 0.6 is 0 Å². The number of hydrogen-bond acceptors (Lipinski definition) is 8. The molecule has 3 saturated heterocycles. The summed E-state index contributed by atoms with van der Waals surface area (Å²) in [4.78, 5) is 30.4. The lowest BCUT2D eigenvalue weighted by atomic mass is 9.86. The molecule has 1 aromatic carbocycles. The van der Waals surface area contributed by atoms with Gasteiger partial charge in [-0.2, -0.15) is 0 Å². The molecule has 1 aliphatic carbocycles. The van der Waals surface area contributed by atoms with E-state index < -0.39 is 11.7 Å². The van der Waals surface area contributed by atoms with Crippen molar-refractivity contribution < 1.29 is 23.5 Å². The van der Waals surface area contributed by atoms with Crippen molar-refractivity contribution in [1.82, 2.24) is 20.5 Å². The first-order chi connectivity index (χ1) is 20.0. The highest BCUT2D eigenvalue weighted by molar-refractivity contribution is 6.06. The van der Waals surface area contributed by atoms with Crippen LogP contribution < -0.4 is 25.4 Å². The number of benzene rings is 1. The Bertz CT molecular complexity index is 1250. The van der Waals surface area contributed by atoms with Gasteiger partial charge in [-0.15, -0.1) is 10.2 Å². The molecule has 6 rings (SSSR count). The zero-order chi connectivity index (χ0) is 28.3. The molecule has 12 heteroatoms. The number of halogens is 1. The number of anilines is 3. The Kier molecular flexibility index (Phi) is 8.20. The fourth-order valence-corrected chi connectivity index (χ4v) is 6.23. The van der Waals surface area contributed by atoms with Crippen LogP contribution in [0, 0.1) is 11.7 Å². The van der Waals surface area contributed by atoms with Gasteiger partial charge >= 0.3 is 6.03 Å². The normalized spacial score (nSPS) is 22.4. The van der Waals surface area contributed by atoms with Gasteiger partial charge in [0, 0.05) is 25.7 Å². The molecular formula is C29H38FN7O4. The van der Waals surface area contributed by atoms with Gasteiger partial charge in [0.25, 0.3) is 5.91 Å². The van der Waals surface area contributed by atoms with E-state index in [0.717, 1.165) is 64.1 Å². The lowest BCUT2D eigenvalue weighted by Crippen LogP contribution is -2.40. The van der Waals surface area contributed by atoms with Gasteiger partial charge in [0.15, 0.2) is 11.6 Å². The number of ether oxygens (including phenoxy) is 2. The first-order valence-corrected chi connectivity index (χ1v) is 14.8. The maximum absolute atomic E-state index is 15.7. The van der Waals surface area contributed by atoms with E-state index in [1.54, 1.807) is 17.0 Å². The lowest BCUT2D eigenvalue weighted by molar-refractivity contribution is 0.0996. The molecule has 1 saturated carbocycles. The molecule has 220 valence electrons. The number of piperidine rings is 1. The molecular weight excluding hydrogens is 529 g/mol. The van der Waals surface area contributed by atoms with Crippen molar-refractivity contribution in [2.45, 2.75) is 70.6 Å². The van der Waals surface area contributed by atoms with Crippen molar-refractivity contribution in [2.75, 3.05) is 48.1 Å². The van der Waals surface area contributed by atoms with Crippen LogP contribution in [-0.2, 0) is 4.74 Å². The van der Waals surface area contributed by atoms with Crippen LogP contribution in [0.15, 0.2) is 24.3 Å². The van der Waals surface area contributed by atoms with Crippen LogP contribution in [0.25, 0.3) is 0 Å². The van der Waals surface area contributed by atoms with E-state index in [4.69, 9.17) is 9.47 Å². The lowest BCUT2D eigenvalue weighted by Gasteiger charge is -2.29. The molecule has 11 nitrogen and oxygen atoms in total. The van der Waals surface area contributed by atoms with Crippen LogP contribution in [0.3, 0.4) is 0 Å². The fourth-order valence-electron chi connectivity index (χ4n) is 6.23. The zero-order valence-corrected chi connectivity index (χ0v) is 23.5. The third-order valence-electron chi connectivity index (χ3n) is 8.61. The Labute approximate surface area is 239 Å². The van der Waals surface area contributed by atoms with E-state index in [1.807, 2.05) is 6.92 Å². The van der Waals surface area contributed by atoms with Crippen molar-refractivity contribution in [3.63, 3.8) is 0 Å². The summed E-state index contributed by atoms with van der Waals surface area (Å²) in [7, 11) is 0. The molecule has 41 heavy (non-hydrogen) atoms. The molecule has 2 N–H and O–H groups in total. The van der Waals surface area contributed by atoms with Crippen molar-refractivity contribution in [1.29, 1.82) is 0 Å². The standard InChI is InChI=1S/C29H38FN7O4/c1-19(20-7-3-2-4-8-20)41-24-18-23(37-29(39)36-12-6-5-9-27(36)34-37)22(30)17-21(24)28(38)31-25-10-11-26(33-32-25)35-13-15-40-16-14-35/h10-11,17-20,27,34H,2-9,12-16H2,1H3,(H,31,32,38)/t19-,27?/m0/s1. The molecule has 0 radical (unpaired) electrons. The van der Waals surface area contributed by atoms with E-state index in [9.17, 15) is 9.59 Å². The average molecular weight is 568 g/mol. The summed E-state index contributed by atoms with van der Waals surface area (Å²) in [5.74, 6) is 0.263. The van der Waals surface area contributed by atoms with Crippen LogP contribution in [-0.4, -0.2) is 72.2 Å². The van der Waals surface area contributed by atoms with Crippen LogP contribution in [0.1, 0.15) is 68.6 Å². The maximum atomic E-state index is 15.7. The first-order valence-electron chi connectivity index (χ1n) is 14.8. The topological polar surface area (TPSA) is 112 Å². The summed E-state index contributed by atoms with van der Waals surface area (Å²) < 4.78 is 27.4. The molecule has 4 aliphatic rings. The SMILES string of the molecule is C[C@H](Oc1cc(N2NC3CCCCN3C2=O)c(F)cc1C(=O)Nc1ccc(N2CCOCC2)nn1)C1CCCCC1. The third-order valence-corrected chi connectivity index (χ3v) is 8.61. The summed E-state index contributed by atoms with van der Waals surface area (Å²) in [6.45, 7) is 5.32. The Balaban J connectivity index is 1.25. The second kappa shape index (κ2) is 12.2. The number of urea groups is 1. The van der Waals surface area contributed by atoms with Crippen molar-refractivity contribution in [2.24, 2.45) is 5.92 Å². The molecule has 2 atom stereocenters. The van der Waals surface area contributed by atoms with Crippen molar-refractivity contribution >= 4 is 29.3 Å². The number of hydrazine groups is 1. The number of carbonyl (C=O) groups excluding carboxylic acids is 2. The van der Waals surface area contributed by atoms with E-state index >= 15 is 4.39 Å². The predicted octanol–water partition coefficient (Wildman–Crippen LogP) is 4.31. The van der Waals surface area contributed by atoms with E-state index in [1.165, 1.54) is 17.5 Å². The Morgan fingerprint density at radius 3 is 2.59 bits per heavy atom. The molecule has 1 unspecified atom stereocenters. The zero-order valence-electron chi connectivity index (χ0n) is 23.5. The molecule has 3 aliphatic heterocycles. The minimum absolute atomic E-state index is 0.0392. The summed E-state index contributed by atoms with van der Waals surface area (Å²) in [5.41, 5.74) is 3.23. The Morgan fingerprint density at radius 2 is 1.85 bits per heavy atom. The predicted molar refractivity (Wildman–Crippen MR) is 151 cm³/mol. The highest BCUT2D eigenvalue weighted by Gasteiger charge is 2.40. The summed E-state index contributed by atoms with van der Waals surface area (Å²) in [5, 5.41) is 12.4. The number of carbonyl (C=O) groups is 2. The Hall–Kier alpha value is -3.51.